The van der Waals surface area contributed by atoms with Gasteiger partial charge in [0.25, 0.3) is 0 Å². The van der Waals surface area contributed by atoms with Crippen LogP contribution < -0.4 is 10.7 Å². The van der Waals surface area contributed by atoms with Crippen molar-refractivity contribution in [1.82, 2.24) is 15.2 Å². The van der Waals surface area contributed by atoms with E-state index < -0.39 is 0 Å². The number of carbonyl (C=O) groups is 1. The largest absolute Gasteiger partial charge is 0.356 e. The molecular weight excluding hydrogens is 338 g/mol. The summed E-state index contributed by atoms with van der Waals surface area (Å²) in [5.74, 6) is 0.0101. The van der Waals surface area contributed by atoms with Crippen LogP contribution in [0.3, 0.4) is 0 Å². The average Bonchev–Trinajstić information content (AvgIpc) is 2.57. The van der Waals surface area contributed by atoms with E-state index in [0.29, 0.717) is 35.1 Å². The van der Waals surface area contributed by atoms with Gasteiger partial charge in [0.1, 0.15) is 0 Å². The molecule has 1 aromatic carbocycles. The molecule has 0 aliphatic carbocycles. The molecule has 134 valence electrons. The number of aromatic amines is 1. The van der Waals surface area contributed by atoms with Gasteiger partial charge in [-0.2, -0.15) is 0 Å². The van der Waals surface area contributed by atoms with Gasteiger partial charge in [-0.25, -0.2) is 0 Å². The number of fused-ring (bicyclic) bond motifs is 1. The number of benzene rings is 1. The lowest BCUT2D eigenvalue weighted by atomic mass is 9.99. The third kappa shape index (κ3) is 4.41. The molecule has 2 aromatic rings. The molecule has 2 heterocycles. The van der Waals surface area contributed by atoms with Gasteiger partial charge in [0.05, 0.1) is 10.5 Å². The predicted octanol–water partition coefficient (Wildman–Crippen LogP) is 3.06. The number of aromatic nitrogens is 1. The molecule has 1 saturated heterocycles. The van der Waals surface area contributed by atoms with Crippen LogP contribution in [0.2, 0.25) is 5.02 Å². The van der Waals surface area contributed by atoms with Crippen LogP contribution in [-0.2, 0) is 11.3 Å². The van der Waals surface area contributed by atoms with E-state index in [1.165, 1.54) is 6.42 Å². The fourth-order valence-corrected chi connectivity index (χ4v) is 3.82. The minimum atomic E-state index is -0.00180. The summed E-state index contributed by atoms with van der Waals surface area (Å²) in [6.07, 6.45) is 4.42. The highest BCUT2D eigenvalue weighted by atomic mass is 35.5. The Labute approximate surface area is 152 Å². The summed E-state index contributed by atoms with van der Waals surface area (Å²) in [4.78, 5) is 29.2. The monoisotopic (exact) mass is 361 g/mol. The number of hydrogen-bond donors (Lipinski definition) is 2. The smallest absolute Gasteiger partial charge is 0.216 e. The van der Waals surface area contributed by atoms with Gasteiger partial charge in [0, 0.05) is 43.2 Å². The molecule has 1 aromatic heterocycles. The van der Waals surface area contributed by atoms with Gasteiger partial charge < -0.3 is 10.3 Å². The summed E-state index contributed by atoms with van der Waals surface area (Å²) < 4.78 is 0. The molecule has 0 unspecified atom stereocenters. The van der Waals surface area contributed by atoms with Gasteiger partial charge >= 0.3 is 0 Å². The lowest BCUT2D eigenvalue weighted by Gasteiger charge is -2.35. The number of carbonyl (C=O) groups excluding carboxylic acids is 1. The quantitative estimate of drug-likeness (QED) is 0.860. The van der Waals surface area contributed by atoms with E-state index >= 15 is 0 Å². The van der Waals surface area contributed by atoms with Gasteiger partial charge in [0.2, 0.25) is 5.91 Å². The number of halogens is 1. The Morgan fingerprint density at radius 1 is 1.40 bits per heavy atom. The Balaban J connectivity index is 1.77. The number of rotatable bonds is 5. The van der Waals surface area contributed by atoms with Crippen molar-refractivity contribution in [2.45, 2.75) is 45.2 Å². The van der Waals surface area contributed by atoms with E-state index in [1.54, 1.807) is 31.2 Å². The van der Waals surface area contributed by atoms with Crippen LogP contribution in [0.5, 0.6) is 0 Å². The SMILES string of the molecule is CC(=O)NCC[C@H]1CCCCN1Cc1cc(=O)c2cccc(Cl)c2[nH]1. The van der Waals surface area contributed by atoms with Crippen LogP contribution >= 0.6 is 11.6 Å². The molecule has 0 bridgehead atoms. The van der Waals surface area contributed by atoms with E-state index in [1.807, 2.05) is 0 Å². The van der Waals surface area contributed by atoms with Crippen LogP contribution in [0.4, 0.5) is 0 Å². The van der Waals surface area contributed by atoms with Crippen molar-refractivity contribution < 1.29 is 4.79 Å². The summed E-state index contributed by atoms with van der Waals surface area (Å²) in [5, 5.41) is 4.07. The first kappa shape index (κ1) is 18.0. The Hall–Kier alpha value is -1.85. The molecule has 3 rings (SSSR count). The maximum absolute atomic E-state index is 12.4. The van der Waals surface area contributed by atoms with Gasteiger partial charge in [-0.15, -0.1) is 0 Å². The molecule has 0 spiro atoms. The van der Waals surface area contributed by atoms with Crippen LogP contribution in [0, 0.1) is 0 Å². The van der Waals surface area contributed by atoms with E-state index in [2.05, 4.69) is 15.2 Å². The Kier molecular flexibility index (Phi) is 5.76. The highest BCUT2D eigenvalue weighted by Gasteiger charge is 2.22. The zero-order chi connectivity index (χ0) is 17.8. The number of hydrogen-bond acceptors (Lipinski definition) is 3. The fourth-order valence-electron chi connectivity index (χ4n) is 3.60. The van der Waals surface area contributed by atoms with E-state index in [4.69, 9.17) is 11.6 Å². The summed E-state index contributed by atoms with van der Waals surface area (Å²) >= 11 is 6.25. The minimum Gasteiger partial charge on any atom is -0.356 e. The maximum atomic E-state index is 12.4. The van der Waals surface area contributed by atoms with Gasteiger partial charge in [-0.1, -0.05) is 24.1 Å². The molecule has 1 fully saturated rings. The summed E-state index contributed by atoms with van der Waals surface area (Å²) in [6, 6.07) is 7.48. The van der Waals surface area contributed by atoms with Crippen molar-refractivity contribution in [2.75, 3.05) is 13.1 Å². The Bertz CT molecular complexity index is 818. The number of likely N-dealkylation sites (tertiary alicyclic amines) is 1. The van der Waals surface area contributed by atoms with Crippen LogP contribution in [0.1, 0.15) is 38.3 Å². The third-order valence-electron chi connectivity index (χ3n) is 4.84. The number of H-pyrrole nitrogens is 1. The molecule has 1 amide bonds. The first-order chi connectivity index (χ1) is 12.0. The van der Waals surface area contributed by atoms with Crippen molar-refractivity contribution in [3.63, 3.8) is 0 Å². The Morgan fingerprint density at radius 2 is 2.24 bits per heavy atom. The zero-order valence-electron chi connectivity index (χ0n) is 14.5. The molecule has 1 aliphatic heterocycles. The molecule has 1 atom stereocenters. The average molecular weight is 362 g/mol. The van der Waals surface area contributed by atoms with Crippen molar-refractivity contribution >= 4 is 28.4 Å². The molecule has 0 saturated carbocycles. The second-order valence-electron chi connectivity index (χ2n) is 6.71. The molecular formula is C19H24ClN3O2. The number of piperidine rings is 1. The normalized spacial score (nSPS) is 18.4. The van der Waals surface area contributed by atoms with Crippen molar-refractivity contribution in [3.05, 3.63) is 45.2 Å². The fraction of sp³-hybridized carbons (Fsp3) is 0.474. The van der Waals surface area contributed by atoms with Crippen molar-refractivity contribution in [3.8, 4) is 0 Å². The van der Waals surface area contributed by atoms with Crippen LogP contribution in [-0.4, -0.2) is 34.9 Å². The number of nitrogens with one attached hydrogen (secondary N) is 2. The van der Waals surface area contributed by atoms with Gasteiger partial charge in [-0.3, -0.25) is 14.5 Å². The molecule has 1 aliphatic rings. The zero-order valence-corrected chi connectivity index (χ0v) is 15.2. The number of pyridine rings is 1. The minimum absolute atomic E-state index is 0.00180. The highest BCUT2D eigenvalue weighted by Crippen LogP contribution is 2.23. The third-order valence-corrected chi connectivity index (χ3v) is 5.16. The van der Waals surface area contributed by atoms with Crippen molar-refractivity contribution in [1.29, 1.82) is 0 Å². The summed E-state index contributed by atoms with van der Waals surface area (Å²) in [7, 11) is 0. The standard InChI is InChI=1S/C19H24ClN3O2/c1-13(24)21-9-8-15-5-2-3-10-23(15)12-14-11-18(25)16-6-4-7-17(20)19(16)22-14/h4,6-7,11,15H,2-3,5,8-10,12H2,1H3,(H,21,24)(H,22,25)/t15-/m1/s1. The molecule has 5 nitrogen and oxygen atoms in total. The van der Waals surface area contributed by atoms with E-state index in [-0.39, 0.29) is 11.3 Å². The van der Waals surface area contributed by atoms with E-state index in [9.17, 15) is 9.59 Å². The Morgan fingerprint density at radius 3 is 3.04 bits per heavy atom. The lowest BCUT2D eigenvalue weighted by Crippen LogP contribution is -2.41. The molecule has 0 radical (unpaired) electrons. The van der Waals surface area contributed by atoms with Gasteiger partial charge in [0.15, 0.2) is 5.43 Å². The van der Waals surface area contributed by atoms with Crippen molar-refractivity contribution in [2.24, 2.45) is 0 Å². The highest BCUT2D eigenvalue weighted by molar-refractivity contribution is 6.35. The second-order valence-corrected chi connectivity index (χ2v) is 7.12. The summed E-state index contributed by atoms with van der Waals surface area (Å²) in [5.41, 5.74) is 1.59. The summed E-state index contributed by atoms with van der Waals surface area (Å²) in [6.45, 7) is 3.94. The van der Waals surface area contributed by atoms with E-state index in [0.717, 1.165) is 31.5 Å². The molecule has 6 heteroatoms. The number of nitrogens with zero attached hydrogens (tertiary/aromatic N) is 1. The second kappa shape index (κ2) is 8.02. The first-order valence-corrected chi connectivity index (χ1v) is 9.21. The number of amides is 1. The number of para-hydroxylation sites is 1. The predicted molar refractivity (Wildman–Crippen MR) is 101 cm³/mol. The van der Waals surface area contributed by atoms with Crippen LogP contribution in [0.15, 0.2) is 29.1 Å². The van der Waals surface area contributed by atoms with Crippen LogP contribution in [0.25, 0.3) is 10.9 Å². The molecule has 25 heavy (non-hydrogen) atoms. The maximum Gasteiger partial charge on any atom is 0.216 e. The lowest BCUT2D eigenvalue weighted by molar-refractivity contribution is -0.119. The first-order valence-electron chi connectivity index (χ1n) is 8.83. The topological polar surface area (TPSA) is 65.2 Å². The molecule has 2 N–H and O–H groups in total. The van der Waals surface area contributed by atoms with Gasteiger partial charge in [-0.05, 0) is 37.9 Å².